The Morgan fingerprint density at radius 1 is 1.38 bits per heavy atom. The van der Waals surface area contributed by atoms with E-state index >= 15 is 0 Å². The van der Waals surface area contributed by atoms with Crippen LogP contribution < -0.4 is 10.1 Å². The van der Waals surface area contributed by atoms with E-state index in [1.54, 1.807) is 11.4 Å². The number of carboxylic acids is 1. The Bertz CT molecular complexity index is 536. The highest BCUT2D eigenvalue weighted by Gasteiger charge is 2.14. The molecule has 0 unspecified atom stereocenters. The molecule has 1 heterocycles. The lowest BCUT2D eigenvalue weighted by atomic mass is 9.97. The van der Waals surface area contributed by atoms with E-state index in [4.69, 9.17) is 9.84 Å². The molecule has 0 spiro atoms. The summed E-state index contributed by atoms with van der Waals surface area (Å²) in [5.74, 6) is -1.02. The Balaban J connectivity index is 1.68. The van der Waals surface area contributed by atoms with Crippen LogP contribution in [0.4, 0.5) is 0 Å². The van der Waals surface area contributed by atoms with E-state index in [1.165, 1.54) is 18.4 Å². The van der Waals surface area contributed by atoms with Crippen molar-refractivity contribution in [2.24, 2.45) is 0 Å². The molecule has 114 valence electrons. The molecule has 1 amide bonds. The van der Waals surface area contributed by atoms with Crippen LogP contribution >= 0.6 is 11.3 Å². The maximum atomic E-state index is 11.7. The fourth-order valence-corrected chi connectivity index (χ4v) is 2.93. The standard InChI is InChI=1S/C15H19NO4S/c17-13(16-8-6-11-4-2-1-3-5-11)10-20-12-7-9-21-14(12)15(18)19/h4,7,9H,1-3,5-6,8,10H2,(H,16,17)(H,18,19). The molecule has 1 aromatic heterocycles. The summed E-state index contributed by atoms with van der Waals surface area (Å²) in [5, 5.41) is 13.4. The van der Waals surface area contributed by atoms with Crippen molar-refractivity contribution >= 4 is 23.2 Å². The molecule has 1 aliphatic carbocycles. The minimum absolute atomic E-state index is 0.121. The summed E-state index contributed by atoms with van der Waals surface area (Å²) >= 11 is 1.08. The summed E-state index contributed by atoms with van der Waals surface area (Å²) in [6.45, 7) is 0.444. The number of ether oxygens (including phenoxy) is 1. The van der Waals surface area contributed by atoms with E-state index < -0.39 is 5.97 Å². The number of hydrogen-bond acceptors (Lipinski definition) is 4. The van der Waals surface area contributed by atoms with Gasteiger partial charge in [0.2, 0.25) is 0 Å². The van der Waals surface area contributed by atoms with Gasteiger partial charge < -0.3 is 15.2 Å². The summed E-state index contributed by atoms with van der Waals surface area (Å²) in [5.41, 5.74) is 1.41. The van der Waals surface area contributed by atoms with Gasteiger partial charge >= 0.3 is 5.97 Å². The lowest BCUT2D eigenvalue weighted by Crippen LogP contribution is -2.30. The molecular weight excluding hydrogens is 290 g/mol. The zero-order chi connectivity index (χ0) is 15.1. The number of amides is 1. The number of hydrogen-bond donors (Lipinski definition) is 2. The second kappa shape index (κ2) is 7.83. The Hall–Kier alpha value is -1.82. The lowest BCUT2D eigenvalue weighted by molar-refractivity contribution is -0.123. The van der Waals surface area contributed by atoms with E-state index in [-0.39, 0.29) is 23.1 Å². The summed E-state index contributed by atoms with van der Waals surface area (Å²) in [6.07, 6.45) is 7.90. The largest absolute Gasteiger partial charge is 0.482 e. The maximum Gasteiger partial charge on any atom is 0.349 e. The molecule has 0 fully saturated rings. The van der Waals surface area contributed by atoms with Crippen molar-refractivity contribution in [3.05, 3.63) is 28.0 Å². The van der Waals surface area contributed by atoms with E-state index in [0.29, 0.717) is 6.54 Å². The lowest BCUT2D eigenvalue weighted by Gasteiger charge is -2.13. The Kier molecular flexibility index (Phi) is 5.80. The highest BCUT2D eigenvalue weighted by Crippen LogP contribution is 2.24. The molecule has 2 N–H and O–H groups in total. The number of carbonyl (C=O) groups is 2. The average Bonchev–Trinajstić information content (AvgIpc) is 2.95. The second-order valence-electron chi connectivity index (χ2n) is 4.92. The Morgan fingerprint density at radius 3 is 2.95 bits per heavy atom. The van der Waals surface area contributed by atoms with Crippen molar-refractivity contribution < 1.29 is 19.4 Å². The zero-order valence-corrected chi connectivity index (χ0v) is 12.6. The van der Waals surface area contributed by atoms with Crippen molar-refractivity contribution in [3.8, 4) is 5.75 Å². The predicted octanol–water partition coefficient (Wildman–Crippen LogP) is 2.83. The predicted molar refractivity (Wildman–Crippen MR) is 81.0 cm³/mol. The number of carboxylic acid groups (broad SMARTS) is 1. The number of carbonyl (C=O) groups excluding carboxylic acids is 1. The van der Waals surface area contributed by atoms with E-state index in [2.05, 4.69) is 11.4 Å². The first-order valence-electron chi connectivity index (χ1n) is 7.05. The van der Waals surface area contributed by atoms with E-state index in [0.717, 1.165) is 30.6 Å². The first-order valence-corrected chi connectivity index (χ1v) is 7.93. The van der Waals surface area contributed by atoms with Crippen molar-refractivity contribution in [1.82, 2.24) is 5.32 Å². The van der Waals surface area contributed by atoms with Gasteiger partial charge in [-0.05, 0) is 43.6 Å². The van der Waals surface area contributed by atoms with Gasteiger partial charge in [-0.1, -0.05) is 11.6 Å². The molecule has 0 radical (unpaired) electrons. The molecule has 21 heavy (non-hydrogen) atoms. The normalized spacial score (nSPS) is 14.4. The third-order valence-electron chi connectivity index (χ3n) is 3.34. The van der Waals surface area contributed by atoms with Gasteiger partial charge in [0.25, 0.3) is 5.91 Å². The third-order valence-corrected chi connectivity index (χ3v) is 4.22. The number of thiophene rings is 1. The highest BCUT2D eigenvalue weighted by molar-refractivity contribution is 7.12. The topological polar surface area (TPSA) is 75.6 Å². The van der Waals surface area contributed by atoms with Gasteiger partial charge in [-0.25, -0.2) is 4.79 Å². The smallest absolute Gasteiger partial charge is 0.349 e. The zero-order valence-electron chi connectivity index (χ0n) is 11.8. The van der Waals surface area contributed by atoms with Crippen LogP contribution in [0.5, 0.6) is 5.75 Å². The van der Waals surface area contributed by atoms with Gasteiger partial charge in [0, 0.05) is 6.54 Å². The molecule has 0 aromatic carbocycles. The van der Waals surface area contributed by atoms with Gasteiger partial charge in [0.05, 0.1) is 0 Å². The molecule has 0 aliphatic heterocycles. The number of allylic oxidation sites excluding steroid dienone is 1. The molecule has 0 atom stereocenters. The van der Waals surface area contributed by atoms with Crippen molar-refractivity contribution in [2.45, 2.75) is 32.1 Å². The Labute approximate surface area is 127 Å². The molecular formula is C15H19NO4S. The molecule has 1 aromatic rings. The van der Waals surface area contributed by atoms with Crippen molar-refractivity contribution in [3.63, 3.8) is 0 Å². The molecule has 0 saturated heterocycles. The van der Waals surface area contributed by atoms with Crippen LogP contribution in [0.3, 0.4) is 0 Å². The highest BCUT2D eigenvalue weighted by atomic mass is 32.1. The molecule has 6 heteroatoms. The first-order chi connectivity index (χ1) is 10.2. The summed E-state index contributed by atoms with van der Waals surface area (Å²) < 4.78 is 5.25. The van der Waals surface area contributed by atoms with Crippen LogP contribution in [0.15, 0.2) is 23.1 Å². The minimum Gasteiger partial charge on any atom is -0.482 e. The molecule has 5 nitrogen and oxygen atoms in total. The van der Waals surface area contributed by atoms with Crippen LogP contribution in [0.2, 0.25) is 0 Å². The van der Waals surface area contributed by atoms with E-state index in [9.17, 15) is 9.59 Å². The van der Waals surface area contributed by atoms with Crippen molar-refractivity contribution in [2.75, 3.05) is 13.2 Å². The minimum atomic E-state index is -1.04. The quantitative estimate of drug-likeness (QED) is 0.759. The Morgan fingerprint density at radius 2 is 2.24 bits per heavy atom. The van der Waals surface area contributed by atoms with Crippen LogP contribution in [0.25, 0.3) is 0 Å². The molecule has 2 rings (SSSR count). The molecule has 1 aliphatic rings. The fraction of sp³-hybridized carbons (Fsp3) is 0.467. The van der Waals surface area contributed by atoms with Crippen LogP contribution in [-0.2, 0) is 4.79 Å². The van der Waals surface area contributed by atoms with Crippen LogP contribution in [0.1, 0.15) is 41.8 Å². The number of aromatic carboxylic acids is 1. The van der Waals surface area contributed by atoms with Gasteiger partial charge in [-0.2, -0.15) is 0 Å². The summed E-state index contributed by atoms with van der Waals surface area (Å²) in [6, 6.07) is 1.56. The van der Waals surface area contributed by atoms with Gasteiger partial charge in [-0.3, -0.25) is 4.79 Å². The third kappa shape index (κ3) is 4.90. The first kappa shape index (κ1) is 15.6. The summed E-state index contributed by atoms with van der Waals surface area (Å²) in [4.78, 5) is 22.7. The maximum absolute atomic E-state index is 11.7. The van der Waals surface area contributed by atoms with Gasteiger partial charge in [-0.15, -0.1) is 11.3 Å². The van der Waals surface area contributed by atoms with E-state index in [1.807, 2.05) is 0 Å². The number of rotatable bonds is 7. The molecule has 0 bridgehead atoms. The fourth-order valence-electron chi connectivity index (χ4n) is 2.26. The SMILES string of the molecule is O=C(COc1ccsc1C(=O)O)NCCC1=CCCCC1. The van der Waals surface area contributed by atoms with Crippen molar-refractivity contribution in [1.29, 1.82) is 0 Å². The monoisotopic (exact) mass is 309 g/mol. The number of nitrogens with one attached hydrogen (secondary N) is 1. The van der Waals surface area contributed by atoms with Gasteiger partial charge in [0.15, 0.2) is 11.5 Å². The van der Waals surface area contributed by atoms with Crippen LogP contribution in [-0.4, -0.2) is 30.1 Å². The average molecular weight is 309 g/mol. The summed E-state index contributed by atoms with van der Waals surface area (Å²) in [7, 11) is 0. The van der Waals surface area contributed by atoms with Crippen LogP contribution in [0, 0.1) is 0 Å². The van der Waals surface area contributed by atoms with Gasteiger partial charge in [0.1, 0.15) is 5.75 Å². The molecule has 0 saturated carbocycles. The second-order valence-corrected chi connectivity index (χ2v) is 5.83.